The van der Waals surface area contributed by atoms with Gasteiger partial charge in [-0.05, 0) is 13.8 Å². The monoisotopic (exact) mass is 399 g/mol. The fourth-order valence-electron chi connectivity index (χ4n) is 2.37. The molecule has 0 spiro atoms. The number of halogens is 1. The van der Waals surface area contributed by atoms with Crippen LogP contribution in [0.15, 0.2) is 4.99 Å². The Kier molecular flexibility index (Phi) is 6.26. The third kappa shape index (κ3) is 4.67. The van der Waals surface area contributed by atoms with Gasteiger partial charge in [0.2, 0.25) is 0 Å². The number of nitrogens with one attached hydrogen (secondary N) is 1. The highest BCUT2D eigenvalue weighted by atomic mass is 127. The maximum absolute atomic E-state index is 5.29. The standard InChI is InChI=1S/C13H25N3OS.HI/c1-12(2)8-16(5-6-18-12)11(14-4)15-7-13(3)9-17-10-13;/h5-10H2,1-4H3,(H,14,15);1H. The van der Waals surface area contributed by atoms with Gasteiger partial charge in [-0.25, -0.2) is 0 Å². The Bertz CT molecular complexity index is 332. The SMILES string of the molecule is CN=C(NCC1(C)COC1)N1CCSC(C)(C)C1.I. The van der Waals surface area contributed by atoms with E-state index in [0.29, 0.717) is 4.75 Å². The van der Waals surface area contributed by atoms with E-state index in [9.17, 15) is 0 Å². The van der Waals surface area contributed by atoms with Gasteiger partial charge in [0.15, 0.2) is 5.96 Å². The maximum Gasteiger partial charge on any atom is 0.193 e. The van der Waals surface area contributed by atoms with E-state index in [1.54, 1.807) is 0 Å². The summed E-state index contributed by atoms with van der Waals surface area (Å²) in [7, 11) is 1.87. The molecule has 1 N–H and O–H groups in total. The Morgan fingerprint density at radius 2 is 2.05 bits per heavy atom. The van der Waals surface area contributed by atoms with Gasteiger partial charge in [-0.3, -0.25) is 4.99 Å². The highest BCUT2D eigenvalue weighted by molar-refractivity contribution is 14.0. The molecule has 2 fully saturated rings. The third-order valence-electron chi connectivity index (χ3n) is 3.51. The predicted octanol–water partition coefficient (Wildman–Crippen LogP) is 2.04. The second-order valence-electron chi connectivity index (χ2n) is 6.23. The molecule has 2 aliphatic rings. The van der Waals surface area contributed by atoms with Crippen LogP contribution in [0.2, 0.25) is 0 Å². The number of guanidine groups is 1. The van der Waals surface area contributed by atoms with Crippen LogP contribution < -0.4 is 5.32 Å². The number of thioether (sulfide) groups is 1. The van der Waals surface area contributed by atoms with Crippen LogP contribution in [0.25, 0.3) is 0 Å². The average Bonchev–Trinajstić information content (AvgIpc) is 2.26. The molecule has 0 unspecified atom stereocenters. The molecule has 0 aromatic rings. The van der Waals surface area contributed by atoms with Crippen molar-refractivity contribution in [3.63, 3.8) is 0 Å². The van der Waals surface area contributed by atoms with E-state index in [0.717, 1.165) is 38.8 Å². The first-order valence-electron chi connectivity index (χ1n) is 6.61. The van der Waals surface area contributed by atoms with Crippen molar-refractivity contribution in [2.24, 2.45) is 10.4 Å². The van der Waals surface area contributed by atoms with Crippen molar-refractivity contribution < 1.29 is 4.74 Å². The van der Waals surface area contributed by atoms with Crippen LogP contribution in [-0.4, -0.2) is 61.3 Å². The van der Waals surface area contributed by atoms with Gasteiger partial charge in [0.25, 0.3) is 0 Å². The lowest BCUT2D eigenvalue weighted by molar-refractivity contribution is -0.0972. The van der Waals surface area contributed by atoms with Crippen molar-refractivity contribution >= 4 is 41.7 Å². The van der Waals surface area contributed by atoms with Crippen molar-refractivity contribution in [2.75, 3.05) is 45.6 Å². The molecule has 0 aliphatic carbocycles. The summed E-state index contributed by atoms with van der Waals surface area (Å²) in [6, 6.07) is 0. The van der Waals surface area contributed by atoms with E-state index in [-0.39, 0.29) is 29.4 Å². The number of aliphatic imine (C=N–C) groups is 1. The molecular weight excluding hydrogens is 373 g/mol. The summed E-state index contributed by atoms with van der Waals surface area (Å²) in [6.45, 7) is 11.7. The first kappa shape index (κ1) is 17.4. The molecule has 2 heterocycles. The molecule has 2 aliphatic heterocycles. The molecule has 0 aromatic carbocycles. The normalized spacial score (nSPS) is 25.3. The molecule has 19 heavy (non-hydrogen) atoms. The topological polar surface area (TPSA) is 36.9 Å². The summed E-state index contributed by atoms with van der Waals surface area (Å²) in [4.78, 5) is 6.79. The van der Waals surface area contributed by atoms with Gasteiger partial charge in [0, 0.05) is 42.6 Å². The van der Waals surface area contributed by atoms with Gasteiger partial charge >= 0.3 is 0 Å². The van der Waals surface area contributed by atoms with Crippen LogP contribution in [0.3, 0.4) is 0 Å². The molecule has 0 saturated carbocycles. The quantitative estimate of drug-likeness (QED) is 0.438. The van der Waals surface area contributed by atoms with Gasteiger partial charge in [-0.1, -0.05) is 6.92 Å². The van der Waals surface area contributed by atoms with Crippen molar-refractivity contribution in [1.29, 1.82) is 0 Å². The lowest BCUT2D eigenvalue weighted by Gasteiger charge is -2.42. The zero-order valence-electron chi connectivity index (χ0n) is 12.4. The van der Waals surface area contributed by atoms with Crippen LogP contribution in [0.5, 0.6) is 0 Å². The largest absolute Gasteiger partial charge is 0.380 e. The molecule has 0 bridgehead atoms. The molecule has 112 valence electrons. The van der Waals surface area contributed by atoms with Gasteiger partial charge in [-0.15, -0.1) is 24.0 Å². The van der Waals surface area contributed by atoms with Gasteiger partial charge < -0.3 is 15.0 Å². The van der Waals surface area contributed by atoms with E-state index in [4.69, 9.17) is 4.74 Å². The van der Waals surface area contributed by atoms with Crippen molar-refractivity contribution in [3.05, 3.63) is 0 Å². The number of rotatable bonds is 2. The number of hydrogen-bond donors (Lipinski definition) is 1. The third-order valence-corrected chi connectivity index (χ3v) is 4.81. The summed E-state index contributed by atoms with van der Waals surface area (Å²) in [5, 5.41) is 3.51. The Labute approximate surface area is 138 Å². The minimum absolute atomic E-state index is 0. The second-order valence-corrected chi connectivity index (χ2v) is 8.04. The summed E-state index contributed by atoms with van der Waals surface area (Å²) in [6.07, 6.45) is 0. The fourth-order valence-corrected chi connectivity index (χ4v) is 3.49. The minimum Gasteiger partial charge on any atom is -0.380 e. The van der Waals surface area contributed by atoms with Crippen molar-refractivity contribution in [1.82, 2.24) is 10.2 Å². The van der Waals surface area contributed by atoms with E-state index in [1.807, 2.05) is 18.8 Å². The molecule has 0 radical (unpaired) electrons. The first-order chi connectivity index (χ1) is 8.44. The number of nitrogens with zero attached hydrogens (tertiary/aromatic N) is 2. The number of ether oxygens (including phenoxy) is 1. The van der Waals surface area contributed by atoms with Crippen LogP contribution in [0, 0.1) is 5.41 Å². The summed E-state index contributed by atoms with van der Waals surface area (Å²) in [5.74, 6) is 2.21. The summed E-state index contributed by atoms with van der Waals surface area (Å²) < 4.78 is 5.60. The molecule has 6 heteroatoms. The van der Waals surface area contributed by atoms with E-state index < -0.39 is 0 Å². The Hall–Kier alpha value is 0.310. The summed E-state index contributed by atoms with van der Waals surface area (Å²) in [5.41, 5.74) is 0.288. The fraction of sp³-hybridized carbons (Fsp3) is 0.923. The minimum atomic E-state index is 0. The summed E-state index contributed by atoms with van der Waals surface area (Å²) >= 11 is 2.05. The zero-order valence-corrected chi connectivity index (χ0v) is 15.5. The molecular formula is C13H26IN3OS. The lowest BCUT2D eigenvalue weighted by atomic mass is 9.89. The smallest absolute Gasteiger partial charge is 0.193 e. The van der Waals surface area contributed by atoms with E-state index in [2.05, 4.69) is 36.0 Å². The van der Waals surface area contributed by atoms with E-state index >= 15 is 0 Å². The first-order valence-corrected chi connectivity index (χ1v) is 7.60. The predicted molar refractivity (Wildman–Crippen MR) is 93.8 cm³/mol. The van der Waals surface area contributed by atoms with Crippen molar-refractivity contribution in [2.45, 2.75) is 25.5 Å². The van der Waals surface area contributed by atoms with Gasteiger partial charge in [-0.2, -0.15) is 11.8 Å². The van der Waals surface area contributed by atoms with Crippen LogP contribution in [0.4, 0.5) is 0 Å². The Morgan fingerprint density at radius 3 is 2.53 bits per heavy atom. The van der Waals surface area contributed by atoms with Gasteiger partial charge in [0.1, 0.15) is 0 Å². The highest BCUT2D eigenvalue weighted by Gasteiger charge is 2.34. The lowest BCUT2D eigenvalue weighted by Crippen LogP contribution is -2.55. The van der Waals surface area contributed by atoms with Gasteiger partial charge in [0.05, 0.1) is 13.2 Å². The van der Waals surface area contributed by atoms with E-state index in [1.165, 1.54) is 5.75 Å². The molecule has 0 amide bonds. The highest BCUT2D eigenvalue weighted by Crippen LogP contribution is 2.30. The Balaban J connectivity index is 0.00000180. The molecule has 2 rings (SSSR count). The van der Waals surface area contributed by atoms with Crippen LogP contribution in [0.1, 0.15) is 20.8 Å². The molecule has 4 nitrogen and oxygen atoms in total. The Morgan fingerprint density at radius 1 is 1.37 bits per heavy atom. The molecule has 0 aromatic heterocycles. The van der Waals surface area contributed by atoms with Crippen molar-refractivity contribution in [3.8, 4) is 0 Å². The number of hydrogen-bond acceptors (Lipinski definition) is 3. The zero-order chi connectivity index (χ0) is 13.2. The molecule has 2 saturated heterocycles. The molecule has 0 atom stereocenters. The maximum atomic E-state index is 5.29. The second kappa shape index (κ2) is 6.85. The van der Waals surface area contributed by atoms with Crippen LogP contribution >= 0.6 is 35.7 Å². The average molecular weight is 399 g/mol. The van der Waals surface area contributed by atoms with Crippen LogP contribution in [-0.2, 0) is 4.74 Å².